The van der Waals surface area contributed by atoms with E-state index in [9.17, 15) is 19.2 Å². The second-order valence-corrected chi connectivity index (χ2v) is 6.51. The molecule has 0 radical (unpaired) electrons. The van der Waals surface area contributed by atoms with Gasteiger partial charge in [-0.25, -0.2) is 4.79 Å². The fraction of sp³-hybridized carbons (Fsp3) is 0.632. The van der Waals surface area contributed by atoms with Crippen molar-refractivity contribution >= 4 is 29.5 Å². The Morgan fingerprint density at radius 2 is 1.54 bits per heavy atom. The van der Waals surface area contributed by atoms with Crippen LogP contribution in [0.2, 0.25) is 0 Å². The van der Waals surface area contributed by atoms with E-state index in [1.165, 1.54) is 0 Å². The van der Waals surface area contributed by atoms with Crippen molar-refractivity contribution in [1.29, 1.82) is 0 Å². The van der Waals surface area contributed by atoms with Crippen molar-refractivity contribution in [3.05, 3.63) is 11.3 Å². The number of aliphatic imine (C=N–C) groups is 1. The molecule has 2 atom stereocenters. The number of esters is 3. The number of nitrogens with zero attached hydrogens (tertiary/aromatic N) is 1. The summed E-state index contributed by atoms with van der Waals surface area (Å²) in [7, 11) is 0. The molecule has 1 amide bonds. The second kappa shape index (κ2) is 10.6. The molecule has 2 unspecified atom stereocenters. The normalized spacial score (nSPS) is 19.0. The first kappa shape index (κ1) is 23.3. The third kappa shape index (κ3) is 5.90. The Kier molecular flexibility index (Phi) is 8.81. The Hall–Kier alpha value is -2.71. The SMILES string of the molecule is CCOC(=O)C1=C(C)N=C(C)C(C(=O)OCC)C1C(=O)OCC(=O)NC(C)C. The first-order chi connectivity index (χ1) is 13.1. The lowest BCUT2D eigenvalue weighted by atomic mass is 9.79. The van der Waals surface area contributed by atoms with E-state index in [0.29, 0.717) is 5.71 Å². The number of allylic oxidation sites excluding steroid dienone is 1. The van der Waals surface area contributed by atoms with E-state index in [4.69, 9.17) is 14.2 Å². The number of carbonyl (C=O) groups excluding carboxylic acids is 4. The van der Waals surface area contributed by atoms with Gasteiger partial charge in [-0.3, -0.25) is 19.4 Å². The van der Waals surface area contributed by atoms with Crippen molar-refractivity contribution in [3.63, 3.8) is 0 Å². The minimum Gasteiger partial charge on any atom is -0.465 e. The van der Waals surface area contributed by atoms with Gasteiger partial charge in [0.05, 0.1) is 18.8 Å². The average molecular weight is 396 g/mol. The van der Waals surface area contributed by atoms with Crippen molar-refractivity contribution in [3.8, 4) is 0 Å². The van der Waals surface area contributed by atoms with Crippen molar-refractivity contribution in [2.45, 2.75) is 47.6 Å². The third-order valence-corrected chi connectivity index (χ3v) is 3.91. The minimum atomic E-state index is -1.30. The lowest BCUT2D eigenvalue weighted by Gasteiger charge is -2.29. The van der Waals surface area contributed by atoms with Crippen LogP contribution in [0.15, 0.2) is 16.3 Å². The van der Waals surface area contributed by atoms with Crippen LogP contribution in [-0.2, 0) is 33.4 Å². The van der Waals surface area contributed by atoms with Gasteiger partial charge in [-0.1, -0.05) is 0 Å². The highest BCUT2D eigenvalue weighted by molar-refractivity contribution is 6.10. The summed E-state index contributed by atoms with van der Waals surface area (Å²) < 4.78 is 15.2. The summed E-state index contributed by atoms with van der Waals surface area (Å²) in [5, 5.41) is 2.59. The van der Waals surface area contributed by atoms with E-state index in [-0.39, 0.29) is 30.5 Å². The zero-order valence-electron chi connectivity index (χ0n) is 17.2. The maximum atomic E-state index is 12.8. The summed E-state index contributed by atoms with van der Waals surface area (Å²) in [6, 6.07) is -0.125. The van der Waals surface area contributed by atoms with Gasteiger partial charge in [-0.2, -0.15) is 0 Å². The molecule has 0 saturated heterocycles. The van der Waals surface area contributed by atoms with Gasteiger partial charge in [0.15, 0.2) is 6.61 Å². The molecular weight excluding hydrogens is 368 g/mol. The van der Waals surface area contributed by atoms with Crippen molar-refractivity contribution in [2.24, 2.45) is 16.8 Å². The van der Waals surface area contributed by atoms with Crippen LogP contribution in [0.5, 0.6) is 0 Å². The molecule has 0 aromatic carbocycles. The summed E-state index contributed by atoms with van der Waals surface area (Å²) in [4.78, 5) is 53.8. The molecule has 156 valence electrons. The second-order valence-electron chi connectivity index (χ2n) is 6.51. The molecular formula is C19H28N2O7. The van der Waals surface area contributed by atoms with E-state index in [2.05, 4.69) is 10.3 Å². The summed E-state index contributed by atoms with van der Waals surface area (Å²) in [5.74, 6) is -5.29. The molecule has 1 N–H and O–H groups in total. The lowest BCUT2D eigenvalue weighted by Crippen LogP contribution is -2.43. The Balaban J connectivity index is 3.22. The summed E-state index contributed by atoms with van der Waals surface area (Å²) in [5.41, 5.74) is 0.502. The number of hydrogen-bond acceptors (Lipinski definition) is 8. The zero-order valence-corrected chi connectivity index (χ0v) is 17.2. The number of carbonyl (C=O) groups is 4. The lowest BCUT2D eigenvalue weighted by molar-refractivity contribution is -0.159. The van der Waals surface area contributed by atoms with Gasteiger partial charge in [0.25, 0.3) is 5.91 Å². The van der Waals surface area contributed by atoms with Crippen LogP contribution in [0.1, 0.15) is 41.5 Å². The maximum Gasteiger partial charge on any atom is 0.336 e. The Labute approximate surface area is 164 Å². The molecule has 0 fully saturated rings. The van der Waals surface area contributed by atoms with Gasteiger partial charge in [-0.05, 0) is 41.5 Å². The largest absolute Gasteiger partial charge is 0.465 e. The van der Waals surface area contributed by atoms with Crippen LogP contribution in [0, 0.1) is 11.8 Å². The van der Waals surface area contributed by atoms with Crippen LogP contribution in [0.4, 0.5) is 0 Å². The first-order valence-corrected chi connectivity index (χ1v) is 9.19. The molecule has 1 aliphatic rings. The van der Waals surface area contributed by atoms with Crippen molar-refractivity contribution < 1.29 is 33.4 Å². The predicted octanol–water partition coefficient (Wildman–Crippen LogP) is 1.16. The van der Waals surface area contributed by atoms with E-state index in [1.54, 1.807) is 41.5 Å². The monoisotopic (exact) mass is 396 g/mol. The highest BCUT2D eigenvalue weighted by Crippen LogP contribution is 2.33. The maximum absolute atomic E-state index is 12.8. The van der Waals surface area contributed by atoms with Crippen LogP contribution >= 0.6 is 0 Å². The standard InChI is InChI=1S/C19H28N2O7/c1-7-26-17(23)14-11(5)21-12(6)15(18(24)27-8-2)16(14)19(25)28-9-13(22)20-10(3)4/h10,14,16H,7-9H2,1-6H3,(H,20,22). The molecule has 0 bridgehead atoms. The molecule has 9 heteroatoms. The topological polar surface area (TPSA) is 120 Å². The molecule has 1 aliphatic heterocycles. The molecule has 0 saturated carbocycles. The van der Waals surface area contributed by atoms with Gasteiger partial charge in [0.1, 0.15) is 11.8 Å². The van der Waals surface area contributed by atoms with E-state index in [0.717, 1.165) is 0 Å². The average Bonchev–Trinajstić information content (AvgIpc) is 2.58. The molecule has 28 heavy (non-hydrogen) atoms. The van der Waals surface area contributed by atoms with Gasteiger partial charge in [-0.15, -0.1) is 0 Å². The van der Waals surface area contributed by atoms with Crippen LogP contribution < -0.4 is 5.32 Å². The molecule has 0 aromatic heterocycles. The van der Waals surface area contributed by atoms with Gasteiger partial charge in [0.2, 0.25) is 0 Å². The predicted molar refractivity (Wildman–Crippen MR) is 100 cm³/mol. The molecule has 1 heterocycles. The van der Waals surface area contributed by atoms with Crippen LogP contribution in [0.25, 0.3) is 0 Å². The molecule has 1 rings (SSSR count). The number of rotatable bonds is 8. The third-order valence-electron chi connectivity index (χ3n) is 3.91. The highest BCUT2D eigenvalue weighted by Gasteiger charge is 2.46. The molecule has 0 aromatic rings. The summed E-state index contributed by atoms with van der Waals surface area (Å²) in [6.07, 6.45) is 0. The van der Waals surface area contributed by atoms with E-state index >= 15 is 0 Å². The highest BCUT2D eigenvalue weighted by atomic mass is 16.5. The summed E-state index contributed by atoms with van der Waals surface area (Å²) >= 11 is 0. The zero-order chi connectivity index (χ0) is 21.4. The quantitative estimate of drug-likeness (QED) is 0.483. The number of ether oxygens (including phenoxy) is 3. The van der Waals surface area contributed by atoms with Gasteiger partial charge < -0.3 is 19.5 Å². The Bertz CT molecular complexity index is 694. The first-order valence-electron chi connectivity index (χ1n) is 9.19. The summed E-state index contributed by atoms with van der Waals surface area (Å²) in [6.45, 7) is 9.54. The van der Waals surface area contributed by atoms with Crippen LogP contribution in [0.3, 0.4) is 0 Å². The van der Waals surface area contributed by atoms with E-state index < -0.39 is 42.3 Å². The number of hydrogen-bond donors (Lipinski definition) is 1. The number of amides is 1. The minimum absolute atomic E-state index is 0.0697. The molecule has 0 spiro atoms. The van der Waals surface area contributed by atoms with Crippen molar-refractivity contribution in [2.75, 3.05) is 19.8 Å². The van der Waals surface area contributed by atoms with Gasteiger partial charge in [0, 0.05) is 17.5 Å². The van der Waals surface area contributed by atoms with Crippen molar-refractivity contribution in [1.82, 2.24) is 5.32 Å². The van der Waals surface area contributed by atoms with E-state index in [1.807, 2.05) is 0 Å². The number of nitrogens with one attached hydrogen (secondary N) is 1. The molecule has 0 aliphatic carbocycles. The fourth-order valence-corrected chi connectivity index (χ4v) is 2.89. The Morgan fingerprint density at radius 3 is 2.07 bits per heavy atom. The van der Waals surface area contributed by atoms with Crippen LogP contribution in [-0.4, -0.2) is 55.4 Å². The fourth-order valence-electron chi connectivity index (χ4n) is 2.89. The smallest absolute Gasteiger partial charge is 0.336 e. The molecule has 9 nitrogen and oxygen atoms in total. The van der Waals surface area contributed by atoms with Gasteiger partial charge >= 0.3 is 17.9 Å². The Morgan fingerprint density at radius 1 is 0.964 bits per heavy atom.